The summed E-state index contributed by atoms with van der Waals surface area (Å²) in [6.07, 6.45) is 0.324. The van der Waals surface area contributed by atoms with Crippen molar-refractivity contribution < 1.29 is 19.6 Å². The van der Waals surface area contributed by atoms with Crippen LogP contribution in [0.15, 0.2) is 18.2 Å². The molecule has 0 saturated carbocycles. The molecule has 6 nitrogen and oxygen atoms in total. The van der Waals surface area contributed by atoms with Gasteiger partial charge in [0, 0.05) is 6.07 Å². The van der Waals surface area contributed by atoms with E-state index in [9.17, 15) is 14.9 Å². The van der Waals surface area contributed by atoms with Gasteiger partial charge in [-0.3, -0.25) is 14.9 Å². The first-order chi connectivity index (χ1) is 8.74. The normalized spacial score (nSPS) is 11.1. The largest absolute Gasteiger partial charge is 0.493 e. The highest BCUT2D eigenvalue weighted by molar-refractivity contribution is 5.73. The zero-order valence-electron chi connectivity index (χ0n) is 11.2. The Balaban J connectivity index is 2.70. The van der Waals surface area contributed by atoms with Crippen molar-refractivity contribution in [1.29, 1.82) is 0 Å². The number of hydrogen-bond acceptors (Lipinski definition) is 4. The maximum atomic E-state index is 10.9. The number of ether oxygens (including phenoxy) is 1. The van der Waals surface area contributed by atoms with E-state index in [0.717, 1.165) is 5.56 Å². The van der Waals surface area contributed by atoms with Crippen LogP contribution in [-0.2, 0) is 4.79 Å². The van der Waals surface area contributed by atoms with E-state index in [1.807, 2.05) is 0 Å². The topological polar surface area (TPSA) is 89.7 Å². The second-order valence-electron chi connectivity index (χ2n) is 4.99. The molecule has 104 valence electrons. The SMILES string of the molecule is Cc1ccc([N+](=O)[O-])cc1OCCC(C)(C)C(=O)O. The van der Waals surface area contributed by atoms with E-state index in [2.05, 4.69) is 0 Å². The monoisotopic (exact) mass is 267 g/mol. The minimum atomic E-state index is -0.896. The molecule has 0 atom stereocenters. The first-order valence-electron chi connectivity index (χ1n) is 5.85. The van der Waals surface area contributed by atoms with Crippen molar-refractivity contribution >= 4 is 11.7 Å². The van der Waals surface area contributed by atoms with Gasteiger partial charge in [0.05, 0.1) is 23.0 Å². The van der Waals surface area contributed by atoms with Crippen LogP contribution >= 0.6 is 0 Å². The molecule has 0 spiro atoms. The smallest absolute Gasteiger partial charge is 0.309 e. The molecule has 0 bridgehead atoms. The maximum absolute atomic E-state index is 10.9. The van der Waals surface area contributed by atoms with Gasteiger partial charge in [-0.15, -0.1) is 0 Å². The van der Waals surface area contributed by atoms with Crippen LogP contribution in [0.25, 0.3) is 0 Å². The third kappa shape index (κ3) is 3.94. The fourth-order valence-electron chi connectivity index (χ4n) is 1.38. The molecule has 0 saturated heterocycles. The lowest BCUT2D eigenvalue weighted by molar-refractivity contribution is -0.384. The highest BCUT2D eigenvalue weighted by Crippen LogP contribution is 2.26. The number of nitro groups is 1. The predicted molar refractivity (Wildman–Crippen MR) is 69.4 cm³/mol. The van der Waals surface area contributed by atoms with E-state index in [4.69, 9.17) is 9.84 Å². The number of aryl methyl sites for hydroxylation is 1. The van der Waals surface area contributed by atoms with Gasteiger partial charge in [-0.25, -0.2) is 0 Å². The molecule has 0 radical (unpaired) electrons. The Kier molecular flexibility index (Phi) is 4.47. The summed E-state index contributed by atoms with van der Waals surface area (Å²) in [6.45, 7) is 5.20. The van der Waals surface area contributed by atoms with Crippen molar-refractivity contribution in [2.24, 2.45) is 5.41 Å². The summed E-state index contributed by atoms with van der Waals surface area (Å²) in [5.74, 6) is -0.484. The molecule has 0 unspecified atom stereocenters. The molecule has 19 heavy (non-hydrogen) atoms. The van der Waals surface area contributed by atoms with Crippen LogP contribution in [-0.4, -0.2) is 22.6 Å². The van der Waals surface area contributed by atoms with Crippen LogP contribution in [0.5, 0.6) is 5.75 Å². The standard InChI is InChI=1S/C13H17NO5/c1-9-4-5-10(14(17)18)8-11(9)19-7-6-13(2,3)12(15)16/h4-5,8H,6-7H2,1-3H3,(H,15,16). The number of hydrogen-bond donors (Lipinski definition) is 1. The van der Waals surface area contributed by atoms with Crippen LogP contribution in [0.2, 0.25) is 0 Å². The number of benzene rings is 1. The highest BCUT2D eigenvalue weighted by atomic mass is 16.6. The minimum Gasteiger partial charge on any atom is -0.493 e. The Morgan fingerprint density at radius 2 is 2.11 bits per heavy atom. The third-order valence-electron chi connectivity index (χ3n) is 2.95. The average molecular weight is 267 g/mol. The number of rotatable bonds is 6. The minimum absolute atomic E-state index is 0.0434. The van der Waals surface area contributed by atoms with Crippen LogP contribution in [0, 0.1) is 22.5 Å². The Morgan fingerprint density at radius 3 is 2.63 bits per heavy atom. The van der Waals surface area contributed by atoms with Crippen molar-refractivity contribution in [3.8, 4) is 5.75 Å². The van der Waals surface area contributed by atoms with E-state index in [1.54, 1.807) is 26.8 Å². The molecule has 0 aliphatic rings. The molecule has 0 heterocycles. The van der Waals surface area contributed by atoms with Crippen molar-refractivity contribution in [2.75, 3.05) is 6.61 Å². The van der Waals surface area contributed by atoms with Crippen molar-refractivity contribution in [3.05, 3.63) is 33.9 Å². The van der Waals surface area contributed by atoms with Gasteiger partial charge in [0.25, 0.3) is 5.69 Å². The van der Waals surface area contributed by atoms with Gasteiger partial charge in [-0.1, -0.05) is 0 Å². The van der Waals surface area contributed by atoms with E-state index in [-0.39, 0.29) is 12.3 Å². The lowest BCUT2D eigenvalue weighted by Crippen LogP contribution is -2.25. The molecule has 1 rings (SSSR count). The molecule has 1 aromatic rings. The van der Waals surface area contributed by atoms with E-state index in [1.165, 1.54) is 12.1 Å². The van der Waals surface area contributed by atoms with Gasteiger partial charge in [-0.05, 0) is 38.8 Å². The molecule has 6 heteroatoms. The summed E-state index contributed by atoms with van der Waals surface area (Å²) in [7, 11) is 0. The van der Waals surface area contributed by atoms with Crippen LogP contribution in [0.1, 0.15) is 25.8 Å². The molecular formula is C13H17NO5. The number of nitro benzene ring substituents is 1. The zero-order valence-corrected chi connectivity index (χ0v) is 11.2. The summed E-state index contributed by atoms with van der Waals surface area (Å²) in [5.41, 5.74) is -0.147. The van der Waals surface area contributed by atoms with Gasteiger partial charge < -0.3 is 9.84 Å². The van der Waals surface area contributed by atoms with Crippen molar-refractivity contribution in [3.63, 3.8) is 0 Å². The van der Waals surface area contributed by atoms with E-state index >= 15 is 0 Å². The summed E-state index contributed by atoms with van der Waals surface area (Å²) < 4.78 is 5.45. The lowest BCUT2D eigenvalue weighted by atomic mass is 9.90. The molecule has 1 aromatic carbocycles. The van der Waals surface area contributed by atoms with Crippen LogP contribution in [0.4, 0.5) is 5.69 Å². The second kappa shape index (κ2) is 5.69. The Labute approximate surface area is 111 Å². The van der Waals surface area contributed by atoms with Crippen LogP contribution < -0.4 is 4.74 Å². The molecule has 0 fully saturated rings. The molecule has 0 amide bonds. The number of nitrogens with zero attached hydrogens (tertiary/aromatic N) is 1. The number of carboxylic acid groups (broad SMARTS) is 1. The summed E-state index contributed by atoms with van der Waals surface area (Å²) in [6, 6.07) is 4.36. The zero-order chi connectivity index (χ0) is 14.6. The maximum Gasteiger partial charge on any atom is 0.309 e. The first-order valence-corrected chi connectivity index (χ1v) is 5.85. The first kappa shape index (κ1) is 14.9. The summed E-state index contributed by atoms with van der Waals surface area (Å²) >= 11 is 0. The third-order valence-corrected chi connectivity index (χ3v) is 2.95. The fraction of sp³-hybridized carbons (Fsp3) is 0.462. The Bertz CT molecular complexity index is 496. The van der Waals surface area contributed by atoms with E-state index < -0.39 is 16.3 Å². The summed E-state index contributed by atoms with van der Waals surface area (Å²) in [4.78, 5) is 21.1. The van der Waals surface area contributed by atoms with Crippen molar-refractivity contribution in [1.82, 2.24) is 0 Å². The average Bonchev–Trinajstić information content (AvgIpc) is 2.30. The van der Waals surface area contributed by atoms with Crippen LogP contribution in [0.3, 0.4) is 0 Å². The molecule has 0 aliphatic heterocycles. The molecule has 0 aromatic heterocycles. The lowest BCUT2D eigenvalue weighted by Gasteiger charge is -2.19. The Hall–Kier alpha value is -2.11. The number of non-ortho nitro benzene ring substituents is 1. The quantitative estimate of drug-likeness (QED) is 0.632. The fourth-order valence-corrected chi connectivity index (χ4v) is 1.38. The molecular weight excluding hydrogens is 250 g/mol. The van der Waals surface area contributed by atoms with Gasteiger partial charge >= 0.3 is 5.97 Å². The van der Waals surface area contributed by atoms with Crippen molar-refractivity contribution in [2.45, 2.75) is 27.2 Å². The number of carbonyl (C=O) groups is 1. The van der Waals surface area contributed by atoms with E-state index in [0.29, 0.717) is 12.2 Å². The predicted octanol–water partition coefficient (Wildman–Crippen LogP) is 2.78. The van der Waals surface area contributed by atoms with Gasteiger partial charge in [0.2, 0.25) is 0 Å². The Morgan fingerprint density at radius 1 is 1.47 bits per heavy atom. The highest BCUT2D eigenvalue weighted by Gasteiger charge is 2.26. The summed E-state index contributed by atoms with van der Waals surface area (Å²) in [5, 5.41) is 19.6. The molecule has 0 aliphatic carbocycles. The van der Waals surface area contributed by atoms with Gasteiger partial charge in [-0.2, -0.15) is 0 Å². The number of aliphatic carboxylic acids is 1. The van der Waals surface area contributed by atoms with Gasteiger partial charge in [0.1, 0.15) is 5.75 Å². The number of carboxylic acids is 1. The van der Waals surface area contributed by atoms with Gasteiger partial charge in [0.15, 0.2) is 0 Å². The molecule has 1 N–H and O–H groups in total. The second-order valence-corrected chi connectivity index (χ2v) is 4.99.